The first-order valence-corrected chi connectivity index (χ1v) is 12.3. The Bertz CT molecular complexity index is 785. The third kappa shape index (κ3) is 3.87. The second kappa shape index (κ2) is 8.37. The summed E-state index contributed by atoms with van der Waals surface area (Å²) in [4.78, 5) is 36.9. The van der Waals surface area contributed by atoms with E-state index in [1.807, 2.05) is 19.9 Å². The van der Waals surface area contributed by atoms with Gasteiger partial charge in [-0.05, 0) is 93.0 Å². The van der Waals surface area contributed by atoms with Gasteiger partial charge in [0.05, 0.1) is 0 Å². The zero-order valence-electron chi connectivity index (χ0n) is 19.6. The summed E-state index contributed by atoms with van der Waals surface area (Å²) >= 11 is 0. The lowest BCUT2D eigenvalue weighted by molar-refractivity contribution is -0.134. The molecule has 3 fully saturated rings. The van der Waals surface area contributed by atoms with Crippen molar-refractivity contribution in [2.24, 2.45) is 34.5 Å². The van der Waals surface area contributed by atoms with Gasteiger partial charge in [-0.3, -0.25) is 9.59 Å². The van der Waals surface area contributed by atoms with Gasteiger partial charge in [-0.1, -0.05) is 26.3 Å². The van der Waals surface area contributed by atoms with Crippen LogP contribution in [0.4, 0.5) is 4.79 Å². The van der Waals surface area contributed by atoms with E-state index in [9.17, 15) is 14.4 Å². The Hall–Kier alpha value is -1.65. The number of carbonyl (C=O) groups excluding carboxylic acids is 3. The first-order valence-electron chi connectivity index (χ1n) is 12.3. The number of hydrogen-bond donors (Lipinski definition) is 0. The molecule has 0 aromatic rings. The molecule has 4 aliphatic rings. The van der Waals surface area contributed by atoms with Crippen LogP contribution in [0.5, 0.6) is 0 Å². The van der Waals surface area contributed by atoms with Crippen molar-refractivity contribution >= 4 is 17.7 Å². The molecule has 4 rings (SSSR count). The highest BCUT2D eigenvalue weighted by Gasteiger charge is 2.60. The first-order chi connectivity index (χ1) is 14.7. The molecule has 0 N–H and O–H groups in total. The molecule has 5 nitrogen and oxygen atoms in total. The van der Waals surface area contributed by atoms with Gasteiger partial charge in [0.1, 0.15) is 6.10 Å². The molecule has 0 spiro atoms. The number of rotatable bonds is 5. The fourth-order valence-electron chi connectivity index (χ4n) is 7.60. The van der Waals surface area contributed by atoms with Crippen molar-refractivity contribution in [1.29, 1.82) is 0 Å². The maximum absolute atomic E-state index is 13.1. The molecule has 7 unspecified atom stereocenters. The maximum Gasteiger partial charge on any atom is 0.508 e. The van der Waals surface area contributed by atoms with E-state index < -0.39 is 6.16 Å². The highest BCUT2D eigenvalue weighted by atomic mass is 16.7. The SMILES string of the molecule is CCC(C)OC(=O)OCC(=O)C1CCC2C3CCC4=CC(=O)CCC4(C)C3CCC12C. The number of Topliss-reactive ketones (excluding diaryl/α,β-unsaturated/α-hetero) is 1. The van der Waals surface area contributed by atoms with Gasteiger partial charge in [0.15, 0.2) is 18.2 Å². The second-order valence-electron chi connectivity index (χ2n) is 11.0. The predicted octanol–water partition coefficient (Wildman–Crippen LogP) is 5.66. The van der Waals surface area contributed by atoms with Crippen molar-refractivity contribution in [3.05, 3.63) is 11.6 Å². The van der Waals surface area contributed by atoms with Crippen molar-refractivity contribution in [1.82, 2.24) is 0 Å². The normalized spacial score (nSPS) is 40.1. The zero-order valence-corrected chi connectivity index (χ0v) is 19.6. The number of fused-ring (bicyclic) bond motifs is 5. The van der Waals surface area contributed by atoms with E-state index in [1.54, 1.807) is 0 Å². The molecule has 0 saturated heterocycles. The van der Waals surface area contributed by atoms with Gasteiger partial charge in [0.25, 0.3) is 0 Å². The molecule has 4 aliphatic carbocycles. The van der Waals surface area contributed by atoms with Crippen molar-refractivity contribution in [3.63, 3.8) is 0 Å². The van der Waals surface area contributed by atoms with Gasteiger partial charge in [-0.25, -0.2) is 4.79 Å². The van der Waals surface area contributed by atoms with Crippen LogP contribution in [0.15, 0.2) is 11.6 Å². The summed E-state index contributed by atoms with van der Waals surface area (Å²) in [6, 6.07) is 0. The Kier molecular flexibility index (Phi) is 6.08. The van der Waals surface area contributed by atoms with Gasteiger partial charge in [-0.15, -0.1) is 0 Å². The molecule has 0 bridgehead atoms. The summed E-state index contributed by atoms with van der Waals surface area (Å²) in [5.74, 6) is 2.11. The number of allylic oxidation sites excluding steroid dienone is 1. The summed E-state index contributed by atoms with van der Waals surface area (Å²) in [5, 5.41) is 0. The van der Waals surface area contributed by atoms with E-state index in [2.05, 4.69) is 13.8 Å². The van der Waals surface area contributed by atoms with Crippen LogP contribution in [-0.2, 0) is 19.1 Å². The molecule has 0 aromatic heterocycles. The van der Waals surface area contributed by atoms with Crippen LogP contribution in [0.2, 0.25) is 0 Å². The van der Waals surface area contributed by atoms with E-state index >= 15 is 0 Å². The average Bonchev–Trinajstić information content (AvgIpc) is 3.09. The molecular formula is C26H38O5. The van der Waals surface area contributed by atoms with E-state index in [-0.39, 0.29) is 35.2 Å². The van der Waals surface area contributed by atoms with Gasteiger partial charge >= 0.3 is 6.16 Å². The average molecular weight is 431 g/mol. The van der Waals surface area contributed by atoms with Crippen LogP contribution in [0.25, 0.3) is 0 Å². The molecule has 0 amide bonds. The zero-order chi connectivity index (χ0) is 22.4. The molecular weight excluding hydrogens is 392 g/mol. The molecule has 5 heteroatoms. The molecule has 31 heavy (non-hydrogen) atoms. The Balaban J connectivity index is 1.44. The monoisotopic (exact) mass is 430 g/mol. The summed E-state index contributed by atoms with van der Waals surface area (Å²) in [7, 11) is 0. The minimum atomic E-state index is -0.738. The molecule has 0 heterocycles. The van der Waals surface area contributed by atoms with Gasteiger partial charge in [-0.2, -0.15) is 0 Å². The smallest absolute Gasteiger partial charge is 0.431 e. The number of hydrogen-bond acceptors (Lipinski definition) is 5. The fourth-order valence-corrected chi connectivity index (χ4v) is 7.60. The van der Waals surface area contributed by atoms with E-state index in [4.69, 9.17) is 9.47 Å². The molecule has 7 atom stereocenters. The van der Waals surface area contributed by atoms with Crippen molar-refractivity contribution < 1.29 is 23.9 Å². The van der Waals surface area contributed by atoms with E-state index in [0.29, 0.717) is 30.0 Å². The minimum Gasteiger partial charge on any atom is -0.431 e. The summed E-state index contributed by atoms with van der Waals surface area (Å²) in [6.07, 6.45) is 9.70. The topological polar surface area (TPSA) is 69.7 Å². The van der Waals surface area contributed by atoms with Crippen LogP contribution in [0, 0.1) is 34.5 Å². The molecule has 0 aliphatic heterocycles. The summed E-state index contributed by atoms with van der Waals surface area (Å²) in [5.41, 5.74) is 1.53. The fraction of sp³-hybridized carbons (Fsp3) is 0.808. The lowest BCUT2D eigenvalue weighted by Crippen LogP contribution is -2.51. The van der Waals surface area contributed by atoms with Crippen molar-refractivity contribution in [2.75, 3.05) is 6.61 Å². The second-order valence-corrected chi connectivity index (χ2v) is 11.0. The minimum absolute atomic E-state index is 0.00963. The Morgan fingerprint density at radius 2 is 1.87 bits per heavy atom. The Morgan fingerprint density at radius 1 is 1.10 bits per heavy atom. The standard InChI is InChI=1S/C26H38O5/c1-5-16(2)31-24(29)30-15-23(28)22-9-8-20-19-7-6-17-14-18(27)10-12-25(17,3)21(19)11-13-26(20,22)4/h14,16,19-22H,5-13,15H2,1-4H3. The summed E-state index contributed by atoms with van der Waals surface area (Å²) < 4.78 is 10.3. The molecule has 172 valence electrons. The first kappa shape index (κ1) is 22.5. The van der Waals surface area contributed by atoms with Gasteiger partial charge < -0.3 is 9.47 Å². The van der Waals surface area contributed by atoms with Crippen LogP contribution in [-0.4, -0.2) is 30.4 Å². The van der Waals surface area contributed by atoms with E-state index in [0.717, 1.165) is 51.4 Å². The maximum atomic E-state index is 13.1. The van der Waals surface area contributed by atoms with Crippen LogP contribution >= 0.6 is 0 Å². The third-order valence-corrected chi connectivity index (χ3v) is 9.56. The predicted molar refractivity (Wildman–Crippen MR) is 117 cm³/mol. The quantitative estimate of drug-likeness (QED) is 0.527. The number of ether oxygens (including phenoxy) is 2. The van der Waals surface area contributed by atoms with Crippen LogP contribution in [0.3, 0.4) is 0 Å². The van der Waals surface area contributed by atoms with Gasteiger partial charge in [0.2, 0.25) is 0 Å². The largest absolute Gasteiger partial charge is 0.508 e. The van der Waals surface area contributed by atoms with Crippen molar-refractivity contribution in [3.8, 4) is 0 Å². The van der Waals surface area contributed by atoms with Crippen LogP contribution in [0.1, 0.15) is 85.5 Å². The van der Waals surface area contributed by atoms with Crippen LogP contribution < -0.4 is 0 Å². The molecule has 3 saturated carbocycles. The highest BCUT2D eigenvalue weighted by Crippen LogP contribution is 2.66. The highest BCUT2D eigenvalue weighted by molar-refractivity contribution is 5.91. The third-order valence-electron chi connectivity index (χ3n) is 9.56. The van der Waals surface area contributed by atoms with E-state index in [1.165, 1.54) is 5.57 Å². The Morgan fingerprint density at radius 3 is 2.61 bits per heavy atom. The van der Waals surface area contributed by atoms with Crippen molar-refractivity contribution in [2.45, 2.75) is 91.6 Å². The Labute approximate surface area is 186 Å². The lowest BCUT2D eigenvalue weighted by Gasteiger charge is -2.58. The molecule has 0 aromatic carbocycles. The number of ketones is 2. The van der Waals surface area contributed by atoms with Gasteiger partial charge in [0, 0.05) is 12.3 Å². The lowest BCUT2D eigenvalue weighted by atomic mass is 9.46. The summed E-state index contributed by atoms with van der Waals surface area (Å²) in [6.45, 7) is 8.27. The number of carbonyl (C=O) groups is 3. The molecule has 0 radical (unpaired) electrons.